The number of hydrogen-bond acceptors (Lipinski definition) is 11. The molecule has 4 unspecified atom stereocenters. The third kappa shape index (κ3) is 6.08. The third-order valence-corrected chi connectivity index (χ3v) is 7.73. The molecule has 2 saturated heterocycles. The predicted molar refractivity (Wildman–Crippen MR) is 130 cm³/mol. The van der Waals surface area contributed by atoms with E-state index in [1.165, 1.54) is 26.2 Å². The molecule has 5 N–H and O–H groups in total. The van der Waals surface area contributed by atoms with Gasteiger partial charge in [0.05, 0.1) is 25.4 Å². The van der Waals surface area contributed by atoms with Crippen molar-refractivity contribution in [1.29, 1.82) is 0 Å². The molecule has 0 aliphatic carbocycles. The van der Waals surface area contributed by atoms with Crippen LogP contribution in [0.3, 0.4) is 0 Å². The first-order valence-corrected chi connectivity index (χ1v) is 13.9. The summed E-state index contributed by atoms with van der Waals surface area (Å²) in [6.07, 6.45) is -3.05. The van der Waals surface area contributed by atoms with Crippen LogP contribution in [0, 0.1) is 13.8 Å². The normalized spacial score (nSPS) is 29.4. The second-order valence-electron chi connectivity index (χ2n) is 8.85. The van der Waals surface area contributed by atoms with E-state index in [9.17, 15) is 34.3 Å². The summed E-state index contributed by atoms with van der Waals surface area (Å²) in [7, 11) is 0. The summed E-state index contributed by atoms with van der Waals surface area (Å²) in [5.74, 6) is 0. The van der Waals surface area contributed by atoms with Crippen LogP contribution < -0.4 is 22.5 Å². The molecule has 4 heterocycles. The highest BCUT2D eigenvalue weighted by atomic mass is 32.5. The van der Waals surface area contributed by atoms with Gasteiger partial charge in [-0.15, -0.1) is 0 Å². The van der Waals surface area contributed by atoms with Crippen molar-refractivity contribution >= 4 is 18.5 Å². The van der Waals surface area contributed by atoms with Crippen LogP contribution in [0.5, 0.6) is 0 Å². The Morgan fingerprint density at radius 1 is 1.00 bits per heavy atom. The lowest BCUT2D eigenvalue weighted by molar-refractivity contribution is -0.0531. The van der Waals surface area contributed by atoms with Crippen molar-refractivity contribution in [2.75, 3.05) is 13.2 Å². The number of aliphatic hydroxyl groups excluding tert-OH is 2. The summed E-state index contributed by atoms with van der Waals surface area (Å²) >= 11 is 5.09. The molecular formula is C20H27N4O11PS. The van der Waals surface area contributed by atoms with Gasteiger partial charge in [0, 0.05) is 36.4 Å². The number of aryl methyl sites for hydroxylation is 2. The SMILES string of the molecule is Cc1cn(C2CC(O)[C@@H](COP(O)(=S)OC3C[C@H](n4cc(C)c(=O)[nH]c4=O)O[C@@H]3CO)O2)c(=O)[nH]c1=O. The van der Waals surface area contributed by atoms with Crippen LogP contribution in [-0.4, -0.2) is 71.8 Å². The quantitative estimate of drug-likeness (QED) is 0.227. The molecule has 0 bridgehead atoms. The third-order valence-electron chi connectivity index (χ3n) is 6.15. The zero-order valence-electron chi connectivity index (χ0n) is 19.8. The van der Waals surface area contributed by atoms with Crippen LogP contribution >= 0.6 is 6.72 Å². The van der Waals surface area contributed by atoms with Crippen molar-refractivity contribution in [3.8, 4) is 0 Å². The minimum Gasteiger partial charge on any atom is -0.394 e. The molecule has 0 aromatic carbocycles. The van der Waals surface area contributed by atoms with Crippen LogP contribution in [0.2, 0.25) is 0 Å². The summed E-state index contributed by atoms with van der Waals surface area (Å²) in [6.45, 7) is -1.79. The van der Waals surface area contributed by atoms with Crippen LogP contribution in [-0.2, 0) is 30.3 Å². The van der Waals surface area contributed by atoms with Gasteiger partial charge < -0.3 is 33.6 Å². The van der Waals surface area contributed by atoms with Crippen molar-refractivity contribution in [1.82, 2.24) is 19.1 Å². The van der Waals surface area contributed by atoms with Crippen molar-refractivity contribution in [2.24, 2.45) is 0 Å². The first-order chi connectivity index (χ1) is 17.4. The van der Waals surface area contributed by atoms with E-state index in [1.807, 2.05) is 0 Å². The molecule has 2 aromatic rings. The molecule has 2 aliphatic rings. The van der Waals surface area contributed by atoms with Gasteiger partial charge in [0.2, 0.25) is 0 Å². The van der Waals surface area contributed by atoms with Crippen LogP contribution in [0.15, 0.2) is 31.6 Å². The molecule has 2 aliphatic heterocycles. The van der Waals surface area contributed by atoms with Crippen molar-refractivity contribution < 1.29 is 33.6 Å². The molecule has 4 rings (SSSR count). The number of nitrogens with one attached hydrogen (secondary N) is 2. The molecule has 15 nitrogen and oxygen atoms in total. The van der Waals surface area contributed by atoms with E-state index in [0.717, 1.165) is 9.13 Å². The first kappa shape index (κ1) is 27.8. The molecule has 2 aromatic heterocycles. The fourth-order valence-corrected chi connectivity index (χ4v) is 5.63. The fourth-order valence-electron chi connectivity index (χ4n) is 4.15. The summed E-state index contributed by atoms with van der Waals surface area (Å²) < 4.78 is 24.6. The van der Waals surface area contributed by atoms with Gasteiger partial charge in [-0.25, -0.2) is 9.59 Å². The maximum Gasteiger partial charge on any atom is 0.330 e. The highest BCUT2D eigenvalue weighted by Gasteiger charge is 2.42. The summed E-state index contributed by atoms with van der Waals surface area (Å²) in [6, 6.07) is 0. The average molecular weight is 562 g/mol. The molecule has 0 saturated carbocycles. The van der Waals surface area contributed by atoms with E-state index >= 15 is 0 Å². The van der Waals surface area contributed by atoms with E-state index in [4.69, 9.17) is 30.3 Å². The largest absolute Gasteiger partial charge is 0.394 e. The van der Waals surface area contributed by atoms with Crippen molar-refractivity contribution in [3.05, 3.63) is 65.2 Å². The number of hydrogen-bond donors (Lipinski definition) is 5. The Bertz CT molecular complexity index is 1430. The zero-order valence-corrected chi connectivity index (χ0v) is 21.5. The Balaban J connectivity index is 1.39. The topological polar surface area (TPSA) is 207 Å². The summed E-state index contributed by atoms with van der Waals surface area (Å²) in [5.41, 5.74) is -1.92. The Kier molecular flexibility index (Phi) is 8.13. The second-order valence-corrected chi connectivity index (χ2v) is 11.6. The molecule has 37 heavy (non-hydrogen) atoms. The van der Waals surface area contributed by atoms with E-state index in [1.54, 1.807) is 0 Å². The molecule has 2 fully saturated rings. The van der Waals surface area contributed by atoms with Crippen molar-refractivity contribution in [2.45, 2.75) is 63.6 Å². The Labute approximate surface area is 213 Å². The number of aliphatic hydroxyl groups is 2. The van der Waals surface area contributed by atoms with Gasteiger partial charge in [-0.1, -0.05) is 0 Å². The number of rotatable bonds is 8. The maximum atomic E-state index is 12.2. The van der Waals surface area contributed by atoms with Crippen LogP contribution in [0.1, 0.15) is 36.4 Å². The van der Waals surface area contributed by atoms with E-state index in [0.29, 0.717) is 0 Å². The fraction of sp³-hybridized carbons (Fsp3) is 0.600. The Hall–Kier alpha value is -2.27. The van der Waals surface area contributed by atoms with Gasteiger partial charge in [0.1, 0.15) is 24.7 Å². The summed E-state index contributed by atoms with van der Waals surface area (Å²) in [4.78, 5) is 62.5. The van der Waals surface area contributed by atoms with E-state index < -0.39 is 72.7 Å². The molecule has 204 valence electrons. The zero-order chi connectivity index (χ0) is 27.1. The number of aromatic amines is 2. The van der Waals surface area contributed by atoms with Gasteiger partial charge >= 0.3 is 18.1 Å². The average Bonchev–Trinajstić information content (AvgIpc) is 3.39. The molecule has 0 spiro atoms. The highest BCUT2D eigenvalue weighted by molar-refractivity contribution is 8.07. The van der Waals surface area contributed by atoms with Gasteiger partial charge in [-0.2, -0.15) is 0 Å². The number of ether oxygens (including phenoxy) is 2. The highest BCUT2D eigenvalue weighted by Crippen LogP contribution is 2.49. The monoisotopic (exact) mass is 562 g/mol. The number of nitrogens with zero attached hydrogens (tertiary/aromatic N) is 2. The lowest BCUT2D eigenvalue weighted by Gasteiger charge is -2.24. The van der Waals surface area contributed by atoms with Gasteiger partial charge in [-0.05, 0) is 25.7 Å². The minimum absolute atomic E-state index is 0.0119. The molecule has 7 atom stereocenters. The number of aromatic nitrogens is 4. The van der Waals surface area contributed by atoms with Crippen LogP contribution in [0.25, 0.3) is 0 Å². The lowest BCUT2D eigenvalue weighted by Crippen LogP contribution is -2.33. The van der Waals surface area contributed by atoms with E-state index in [-0.39, 0.29) is 30.6 Å². The smallest absolute Gasteiger partial charge is 0.330 e. The second kappa shape index (κ2) is 10.8. The Morgan fingerprint density at radius 3 is 2.05 bits per heavy atom. The lowest BCUT2D eigenvalue weighted by atomic mass is 10.2. The number of H-pyrrole nitrogens is 2. The summed E-state index contributed by atoms with van der Waals surface area (Å²) in [5, 5.41) is 20.1. The molecule has 17 heteroatoms. The maximum absolute atomic E-state index is 12.2. The molecular weight excluding hydrogens is 535 g/mol. The standard InChI is InChI=1S/C20H27N4O11PS/c1-9-5-23(19(29)21-17(9)27)15-3-11(26)14(34-15)8-32-36(31,37)35-12-4-16(33-13(12)7-25)24-6-10(2)18(28)22-20(24)30/h5-6,11-16,25-26H,3-4,7-8H2,1-2H3,(H,31,37)(H,21,27,29)(H,22,28,30)/t11?,12?,13-,14-,15?,16-,36?/m1/s1. The first-order valence-electron chi connectivity index (χ1n) is 11.3. The minimum atomic E-state index is -3.94. The predicted octanol–water partition coefficient (Wildman–Crippen LogP) is -1.75. The van der Waals surface area contributed by atoms with E-state index in [2.05, 4.69) is 9.97 Å². The Morgan fingerprint density at radius 2 is 1.51 bits per heavy atom. The van der Waals surface area contributed by atoms with Gasteiger partial charge in [-0.3, -0.25) is 28.7 Å². The molecule has 0 radical (unpaired) electrons. The van der Waals surface area contributed by atoms with Crippen LogP contribution in [0.4, 0.5) is 0 Å². The van der Waals surface area contributed by atoms with Gasteiger partial charge in [0.25, 0.3) is 11.1 Å². The van der Waals surface area contributed by atoms with Crippen molar-refractivity contribution in [3.63, 3.8) is 0 Å². The van der Waals surface area contributed by atoms with Gasteiger partial charge in [0.15, 0.2) is 0 Å². The molecule has 0 amide bonds.